The quantitative estimate of drug-likeness (QED) is 0.442. The van der Waals surface area contributed by atoms with Crippen molar-refractivity contribution in [2.24, 2.45) is 5.10 Å². The van der Waals surface area contributed by atoms with Crippen molar-refractivity contribution >= 4 is 23.8 Å². The fraction of sp³-hybridized carbons (Fsp3) is 0.0625. The normalized spacial score (nSPS) is 10.4. The van der Waals surface area contributed by atoms with Crippen LogP contribution < -0.4 is 15.3 Å². The van der Waals surface area contributed by atoms with E-state index in [-0.39, 0.29) is 23.6 Å². The number of aromatic carboxylic acids is 1. The van der Waals surface area contributed by atoms with Crippen LogP contribution in [0, 0.1) is 10.1 Å². The third-order valence-corrected chi connectivity index (χ3v) is 2.95. The van der Waals surface area contributed by atoms with Gasteiger partial charge in [0.15, 0.2) is 6.61 Å². The molecule has 0 saturated carbocycles. The summed E-state index contributed by atoms with van der Waals surface area (Å²) in [4.78, 5) is 32.3. The molecule has 2 aromatic rings. The Hall–Kier alpha value is -3.75. The fourth-order valence-electron chi connectivity index (χ4n) is 1.75. The van der Waals surface area contributed by atoms with Gasteiger partial charge in [-0.15, -0.1) is 0 Å². The maximum absolute atomic E-state index is 11.6. The minimum absolute atomic E-state index is 0.0338. The van der Waals surface area contributed by atoms with E-state index >= 15 is 0 Å². The molecule has 0 saturated heterocycles. The summed E-state index contributed by atoms with van der Waals surface area (Å²) in [6.45, 7) is -0.373. The zero-order valence-electron chi connectivity index (χ0n) is 12.7. The number of hydrazone groups is 1. The minimum Gasteiger partial charge on any atom is -0.545 e. The van der Waals surface area contributed by atoms with Crippen molar-refractivity contribution in [2.45, 2.75) is 0 Å². The lowest BCUT2D eigenvalue weighted by Gasteiger charge is -2.04. The van der Waals surface area contributed by atoms with Gasteiger partial charge in [-0.1, -0.05) is 30.3 Å². The summed E-state index contributed by atoms with van der Waals surface area (Å²) in [5, 5.41) is 24.9. The smallest absolute Gasteiger partial charge is 0.277 e. The van der Waals surface area contributed by atoms with Gasteiger partial charge in [-0.2, -0.15) is 5.10 Å². The number of carboxylic acid groups (broad SMARTS) is 1. The van der Waals surface area contributed by atoms with Gasteiger partial charge in [0.25, 0.3) is 11.6 Å². The zero-order chi connectivity index (χ0) is 18.2. The number of hydrogen-bond donors (Lipinski definition) is 1. The number of benzene rings is 2. The number of carbonyl (C=O) groups is 2. The molecule has 0 aliphatic rings. The molecule has 0 spiro atoms. The van der Waals surface area contributed by atoms with E-state index in [1.165, 1.54) is 54.7 Å². The van der Waals surface area contributed by atoms with Gasteiger partial charge in [-0.3, -0.25) is 14.9 Å². The highest BCUT2D eigenvalue weighted by molar-refractivity contribution is 5.88. The lowest BCUT2D eigenvalue weighted by molar-refractivity contribution is -0.384. The van der Waals surface area contributed by atoms with Crippen molar-refractivity contribution in [3.63, 3.8) is 0 Å². The molecule has 0 aliphatic heterocycles. The van der Waals surface area contributed by atoms with Crippen molar-refractivity contribution in [1.29, 1.82) is 0 Å². The van der Waals surface area contributed by atoms with Gasteiger partial charge in [-0.05, 0) is 17.2 Å². The molecule has 0 aliphatic carbocycles. The Balaban J connectivity index is 1.83. The molecule has 0 aromatic heterocycles. The number of hydrogen-bond acceptors (Lipinski definition) is 7. The number of carbonyl (C=O) groups excluding carboxylic acids is 2. The van der Waals surface area contributed by atoms with Gasteiger partial charge < -0.3 is 14.6 Å². The average Bonchev–Trinajstić information content (AvgIpc) is 2.60. The van der Waals surface area contributed by atoms with E-state index < -0.39 is 16.8 Å². The predicted molar refractivity (Wildman–Crippen MR) is 85.1 cm³/mol. The maximum atomic E-state index is 11.6. The molecule has 9 nitrogen and oxygen atoms in total. The number of non-ortho nitro benzene ring substituents is 1. The zero-order valence-corrected chi connectivity index (χ0v) is 12.7. The number of carboxylic acids is 1. The molecule has 1 N–H and O–H groups in total. The number of nitro benzene ring substituents is 1. The van der Waals surface area contributed by atoms with Crippen LogP contribution in [0.25, 0.3) is 0 Å². The average molecular weight is 342 g/mol. The van der Waals surface area contributed by atoms with E-state index in [4.69, 9.17) is 4.74 Å². The lowest BCUT2D eigenvalue weighted by atomic mass is 10.1. The molecule has 9 heteroatoms. The Labute approximate surface area is 141 Å². The number of nitro groups is 1. The Kier molecular flexibility index (Phi) is 5.77. The Bertz CT molecular complexity index is 817. The molecule has 1 amide bonds. The molecule has 0 bridgehead atoms. The predicted octanol–water partition coefficient (Wildman–Crippen LogP) is 0.487. The first kappa shape index (κ1) is 17.6. The van der Waals surface area contributed by atoms with Crippen molar-refractivity contribution in [1.82, 2.24) is 5.43 Å². The topological polar surface area (TPSA) is 134 Å². The number of rotatable bonds is 7. The third-order valence-electron chi connectivity index (χ3n) is 2.95. The van der Waals surface area contributed by atoms with Crippen LogP contribution in [0.5, 0.6) is 5.75 Å². The Morgan fingerprint density at radius 2 is 1.92 bits per heavy atom. The first-order chi connectivity index (χ1) is 12.0. The highest BCUT2D eigenvalue weighted by Crippen LogP contribution is 2.18. The standard InChI is InChI=1S/C16H13N3O6/c20-15(10-25-14-3-1-2-13(8-14)19(23)24)18-17-9-11-4-6-12(7-5-11)16(21)22/h1-9H,10H2,(H,18,20)(H,21,22)/p-1/b17-9-. The van der Waals surface area contributed by atoms with Gasteiger partial charge in [0.2, 0.25) is 0 Å². The highest BCUT2D eigenvalue weighted by atomic mass is 16.6. The number of ether oxygens (including phenoxy) is 1. The van der Waals surface area contributed by atoms with E-state index in [0.29, 0.717) is 5.56 Å². The van der Waals surface area contributed by atoms with E-state index in [2.05, 4.69) is 10.5 Å². The molecule has 0 radical (unpaired) electrons. The largest absolute Gasteiger partial charge is 0.545 e. The van der Waals surface area contributed by atoms with E-state index in [1.54, 1.807) is 0 Å². The summed E-state index contributed by atoms with van der Waals surface area (Å²) in [5.74, 6) is -1.66. The van der Waals surface area contributed by atoms with Crippen molar-refractivity contribution in [3.05, 3.63) is 69.8 Å². The van der Waals surface area contributed by atoms with E-state index in [9.17, 15) is 24.8 Å². The van der Waals surface area contributed by atoms with Crippen LogP contribution in [0.15, 0.2) is 53.6 Å². The highest BCUT2D eigenvalue weighted by Gasteiger charge is 2.07. The van der Waals surface area contributed by atoms with Crippen LogP contribution in [0.1, 0.15) is 15.9 Å². The van der Waals surface area contributed by atoms with Crippen LogP contribution in [0.4, 0.5) is 5.69 Å². The summed E-state index contributed by atoms with van der Waals surface area (Å²) in [6, 6.07) is 11.1. The second kappa shape index (κ2) is 8.20. The first-order valence-electron chi connectivity index (χ1n) is 6.96. The molecule has 0 heterocycles. The molecular formula is C16H12N3O6-. The molecule has 2 aromatic carbocycles. The number of nitrogens with one attached hydrogen (secondary N) is 1. The van der Waals surface area contributed by atoms with Gasteiger partial charge in [-0.25, -0.2) is 5.43 Å². The number of nitrogens with zero attached hydrogens (tertiary/aromatic N) is 2. The number of amides is 1. The second-order valence-electron chi connectivity index (χ2n) is 4.75. The molecule has 2 rings (SSSR count). The molecule has 0 unspecified atom stereocenters. The van der Waals surface area contributed by atoms with Crippen molar-refractivity contribution in [2.75, 3.05) is 6.61 Å². The Morgan fingerprint density at radius 1 is 1.20 bits per heavy atom. The fourth-order valence-corrected chi connectivity index (χ4v) is 1.75. The van der Waals surface area contributed by atoms with Gasteiger partial charge in [0.05, 0.1) is 23.2 Å². The molecule has 0 atom stereocenters. The lowest BCUT2D eigenvalue weighted by Crippen LogP contribution is -2.24. The molecule has 0 fully saturated rings. The van der Waals surface area contributed by atoms with Crippen LogP contribution in [0.2, 0.25) is 0 Å². The van der Waals surface area contributed by atoms with Crippen molar-refractivity contribution in [3.8, 4) is 5.75 Å². The van der Waals surface area contributed by atoms with Gasteiger partial charge in [0, 0.05) is 6.07 Å². The van der Waals surface area contributed by atoms with E-state index in [1.807, 2.05) is 0 Å². The first-order valence-corrected chi connectivity index (χ1v) is 6.96. The van der Waals surface area contributed by atoms with Crippen LogP contribution >= 0.6 is 0 Å². The SMILES string of the molecule is O=C(COc1cccc([N+](=O)[O-])c1)N/N=C\c1ccc(C(=O)[O-])cc1. The van der Waals surface area contributed by atoms with Crippen LogP contribution in [-0.2, 0) is 4.79 Å². The molecule has 25 heavy (non-hydrogen) atoms. The molecular weight excluding hydrogens is 330 g/mol. The van der Waals surface area contributed by atoms with Crippen LogP contribution in [-0.4, -0.2) is 29.6 Å². The Morgan fingerprint density at radius 3 is 2.56 bits per heavy atom. The summed E-state index contributed by atoms with van der Waals surface area (Å²) >= 11 is 0. The summed E-state index contributed by atoms with van der Waals surface area (Å²) in [6.07, 6.45) is 1.32. The van der Waals surface area contributed by atoms with Gasteiger partial charge in [0.1, 0.15) is 5.75 Å². The van der Waals surface area contributed by atoms with Crippen LogP contribution in [0.3, 0.4) is 0 Å². The van der Waals surface area contributed by atoms with Crippen molar-refractivity contribution < 1.29 is 24.4 Å². The minimum atomic E-state index is -1.28. The second-order valence-corrected chi connectivity index (χ2v) is 4.75. The summed E-state index contributed by atoms with van der Waals surface area (Å²) in [7, 11) is 0. The van der Waals surface area contributed by atoms with Gasteiger partial charge >= 0.3 is 0 Å². The summed E-state index contributed by atoms with van der Waals surface area (Å²) in [5.41, 5.74) is 2.68. The third kappa shape index (κ3) is 5.43. The summed E-state index contributed by atoms with van der Waals surface area (Å²) < 4.78 is 5.14. The monoisotopic (exact) mass is 342 g/mol. The van der Waals surface area contributed by atoms with E-state index in [0.717, 1.165) is 0 Å². The maximum Gasteiger partial charge on any atom is 0.277 e. The molecule has 128 valence electrons.